The third-order valence-corrected chi connectivity index (χ3v) is 6.10. The van der Waals surface area contributed by atoms with E-state index in [1.807, 2.05) is 36.9 Å². The van der Waals surface area contributed by atoms with Crippen LogP contribution in [0.3, 0.4) is 0 Å². The van der Waals surface area contributed by atoms with E-state index in [9.17, 15) is 18.5 Å². The number of non-ortho nitro benzene ring substituents is 1. The van der Waals surface area contributed by atoms with Crippen molar-refractivity contribution in [2.24, 2.45) is 0 Å². The largest absolute Gasteiger partial charge is 0.490 e. The minimum atomic E-state index is -3.59. The van der Waals surface area contributed by atoms with Crippen molar-refractivity contribution in [3.63, 3.8) is 0 Å². The molecular formula is C20H24N2O5S. The lowest BCUT2D eigenvalue weighted by molar-refractivity contribution is -0.385. The first-order valence-electron chi connectivity index (χ1n) is 9.12. The molecule has 2 aromatic carbocycles. The van der Waals surface area contributed by atoms with E-state index in [0.717, 1.165) is 42.0 Å². The number of nitro benzene ring substituents is 1. The molecule has 1 aliphatic heterocycles. The molecule has 0 aromatic heterocycles. The summed E-state index contributed by atoms with van der Waals surface area (Å²) < 4.78 is 30.5. The summed E-state index contributed by atoms with van der Waals surface area (Å²) in [6.07, 6.45) is 2.61. The number of aryl methyl sites for hydroxylation is 2. The minimum absolute atomic E-state index is 0.00408. The van der Waals surface area contributed by atoms with Gasteiger partial charge in [-0.2, -0.15) is 0 Å². The summed E-state index contributed by atoms with van der Waals surface area (Å²) in [5.41, 5.74) is 2.51. The number of hydrogen-bond donors (Lipinski definition) is 0. The first-order chi connectivity index (χ1) is 13.1. The Kier molecular flexibility index (Phi) is 5.60. The molecule has 2 aromatic rings. The normalized spacial score (nSPS) is 15.5. The molecule has 150 valence electrons. The minimum Gasteiger partial charge on any atom is -0.490 e. The van der Waals surface area contributed by atoms with Crippen molar-refractivity contribution in [2.45, 2.75) is 37.7 Å². The van der Waals surface area contributed by atoms with E-state index in [4.69, 9.17) is 4.74 Å². The Morgan fingerprint density at radius 2 is 1.79 bits per heavy atom. The van der Waals surface area contributed by atoms with Crippen LogP contribution in [0.4, 0.5) is 11.4 Å². The second kappa shape index (κ2) is 7.79. The van der Waals surface area contributed by atoms with Crippen LogP contribution >= 0.6 is 0 Å². The molecule has 1 heterocycles. The van der Waals surface area contributed by atoms with Crippen molar-refractivity contribution in [3.8, 4) is 5.75 Å². The lowest BCUT2D eigenvalue weighted by atomic mass is 10.1. The molecule has 0 radical (unpaired) electrons. The van der Waals surface area contributed by atoms with E-state index in [1.54, 1.807) is 0 Å². The Labute approximate surface area is 165 Å². The van der Waals surface area contributed by atoms with Gasteiger partial charge in [0.1, 0.15) is 11.9 Å². The second-order valence-electron chi connectivity index (χ2n) is 7.25. The molecule has 0 bridgehead atoms. The highest BCUT2D eigenvalue weighted by atomic mass is 32.2. The van der Waals surface area contributed by atoms with Crippen molar-refractivity contribution in [1.82, 2.24) is 0 Å². The van der Waals surface area contributed by atoms with Crippen LogP contribution in [0, 0.1) is 24.0 Å². The smallest absolute Gasteiger partial charge is 0.270 e. The molecule has 7 nitrogen and oxygen atoms in total. The molecule has 28 heavy (non-hydrogen) atoms. The average molecular weight is 404 g/mol. The van der Waals surface area contributed by atoms with E-state index < -0.39 is 14.8 Å². The van der Waals surface area contributed by atoms with Crippen molar-refractivity contribution in [3.05, 3.63) is 57.6 Å². The Balaban J connectivity index is 1.76. The van der Waals surface area contributed by atoms with Gasteiger partial charge in [-0.15, -0.1) is 0 Å². The van der Waals surface area contributed by atoms with Gasteiger partial charge in [0.05, 0.1) is 15.5 Å². The van der Waals surface area contributed by atoms with E-state index in [1.165, 1.54) is 12.1 Å². The average Bonchev–Trinajstić information content (AvgIpc) is 2.64. The fraction of sp³-hybridized carbons (Fsp3) is 0.400. The fourth-order valence-electron chi connectivity index (χ4n) is 3.40. The predicted molar refractivity (Wildman–Crippen MR) is 108 cm³/mol. The Bertz CT molecular complexity index is 996. The van der Waals surface area contributed by atoms with Gasteiger partial charge in [0.2, 0.25) is 0 Å². The number of anilines is 1. The zero-order chi connectivity index (χ0) is 20.5. The number of sulfone groups is 1. The van der Waals surface area contributed by atoms with Crippen LogP contribution in [0.25, 0.3) is 0 Å². The number of nitro groups is 1. The molecule has 8 heteroatoms. The highest BCUT2D eigenvalue weighted by Crippen LogP contribution is 2.32. The topological polar surface area (TPSA) is 89.8 Å². The molecule has 0 saturated carbocycles. The summed E-state index contributed by atoms with van der Waals surface area (Å²) in [6, 6.07) is 10.1. The van der Waals surface area contributed by atoms with Crippen LogP contribution < -0.4 is 9.64 Å². The van der Waals surface area contributed by atoms with E-state index >= 15 is 0 Å². The molecule has 0 N–H and O–H groups in total. The second-order valence-corrected chi connectivity index (χ2v) is 9.24. The summed E-state index contributed by atoms with van der Waals surface area (Å²) in [7, 11) is -3.59. The van der Waals surface area contributed by atoms with Crippen LogP contribution in [0.1, 0.15) is 24.0 Å². The van der Waals surface area contributed by atoms with Crippen LogP contribution in [0.15, 0.2) is 41.3 Å². The molecule has 0 unspecified atom stereocenters. The molecular weight excluding hydrogens is 380 g/mol. The Hall–Kier alpha value is -2.61. The maximum Gasteiger partial charge on any atom is 0.270 e. The van der Waals surface area contributed by atoms with Crippen LogP contribution in [-0.2, 0) is 9.84 Å². The molecule has 0 aliphatic carbocycles. The van der Waals surface area contributed by atoms with E-state index in [0.29, 0.717) is 18.8 Å². The standard InChI is InChI=1S/C20H24N2O5S/c1-14-4-5-15(2)19(12-14)27-17-8-10-21(11-9-17)18-7-6-16(22(23)24)13-20(18)28(3,25)26/h4-7,12-13,17H,8-11H2,1-3H3. The summed E-state index contributed by atoms with van der Waals surface area (Å²) >= 11 is 0. The zero-order valence-electron chi connectivity index (χ0n) is 16.2. The van der Waals surface area contributed by atoms with Gasteiger partial charge < -0.3 is 9.64 Å². The van der Waals surface area contributed by atoms with Crippen LogP contribution in [0.2, 0.25) is 0 Å². The number of benzene rings is 2. The molecule has 0 atom stereocenters. The lowest BCUT2D eigenvalue weighted by Crippen LogP contribution is -2.39. The van der Waals surface area contributed by atoms with E-state index in [2.05, 4.69) is 0 Å². The SMILES string of the molecule is Cc1ccc(C)c(OC2CCN(c3ccc([N+](=O)[O-])cc3S(C)(=O)=O)CC2)c1. The number of hydrogen-bond acceptors (Lipinski definition) is 6. The van der Waals surface area contributed by atoms with Crippen LogP contribution in [-0.4, -0.2) is 38.8 Å². The first-order valence-corrected chi connectivity index (χ1v) is 11.0. The van der Waals surface area contributed by atoms with Crippen molar-refractivity contribution < 1.29 is 18.1 Å². The number of piperidine rings is 1. The summed E-state index contributed by atoms with van der Waals surface area (Å²) in [5.74, 6) is 0.880. The number of ether oxygens (including phenoxy) is 1. The van der Waals surface area contributed by atoms with Gasteiger partial charge >= 0.3 is 0 Å². The van der Waals surface area contributed by atoms with Gasteiger partial charge in [0.25, 0.3) is 5.69 Å². The molecule has 1 aliphatic rings. The summed E-state index contributed by atoms with van der Waals surface area (Å²) in [6.45, 7) is 5.28. The van der Waals surface area contributed by atoms with Gasteiger partial charge in [-0.05, 0) is 37.1 Å². The highest BCUT2D eigenvalue weighted by Gasteiger charge is 2.26. The predicted octanol–water partition coefficient (Wildman–Crippen LogP) is 3.66. The quantitative estimate of drug-likeness (QED) is 0.558. The van der Waals surface area contributed by atoms with Gasteiger partial charge in [0, 0.05) is 44.3 Å². The Morgan fingerprint density at radius 3 is 2.39 bits per heavy atom. The molecule has 1 saturated heterocycles. The summed E-state index contributed by atoms with van der Waals surface area (Å²) in [5, 5.41) is 11.0. The summed E-state index contributed by atoms with van der Waals surface area (Å²) in [4.78, 5) is 12.4. The van der Waals surface area contributed by atoms with E-state index in [-0.39, 0.29) is 16.7 Å². The monoisotopic (exact) mass is 404 g/mol. The maximum atomic E-state index is 12.2. The number of nitrogens with zero attached hydrogens (tertiary/aromatic N) is 2. The van der Waals surface area contributed by atoms with Crippen LogP contribution in [0.5, 0.6) is 5.75 Å². The van der Waals surface area contributed by atoms with Gasteiger partial charge in [-0.1, -0.05) is 12.1 Å². The zero-order valence-corrected chi connectivity index (χ0v) is 17.0. The van der Waals surface area contributed by atoms with Crippen molar-refractivity contribution in [2.75, 3.05) is 24.2 Å². The van der Waals surface area contributed by atoms with Crippen molar-refractivity contribution in [1.29, 1.82) is 0 Å². The van der Waals surface area contributed by atoms with Gasteiger partial charge in [-0.25, -0.2) is 8.42 Å². The lowest BCUT2D eigenvalue weighted by Gasteiger charge is -2.34. The molecule has 1 fully saturated rings. The maximum absolute atomic E-state index is 12.2. The van der Waals surface area contributed by atoms with Gasteiger partial charge in [-0.3, -0.25) is 10.1 Å². The first kappa shape index (κ1) is 20.1. The van der Waals surface area contributed by atoms with Crippen molar-refractivity contribution >= 4 is 21.2 Å². The molecule has 0 amide bonds. The fourth-order valence-corrected chi connectivity index (χ4v) is 4.31. The van der Waals surface area contributed by atoms with Gasteiger partial charge in [0.15, 0.2) is 9.84 Å². The molecule has 3 rings (SSSR count). The Morgan fingerprint density at radius 1 is 1.11 bits per heavy atom. The molecule has 0 spiro atoms. The highest BCUT2D eigenvalue weighted by molar-refractivity contribution is 7.90. The third-order valence-electron chi connectivity index (χ3n) is 4.97. The third kappa shape index (κ3) is 4.44. The number of rotatable bonds is 5.